The molecule has 1 saturated carbocycles. The van der Waals surface area contributed by atoms with E-state index in [0.29, 0.717) is 19.3 Å². The van der Waals surface area contributed by atoms with Gasteiger partial charge in [-0.1, -0.05) is 19.1 Å². The number of carboxylic acid groups (broad SMARTS) is 1. The first-order chi connectivity index (χ1) is 7.15. The Morgan fingerprint density at radius 1 is 1.53 bits per heavy atom. The lowest BCUT2D eigenvalue weighted by Gasteiger charge is -2.17. The van der Waals surface area contributed by atoms with Crippen LogP contribution in [0.2, 0.25) is 0 Å². The molecular formula is C12H17O3-. The number of ketones is 1. The van der Waals surface area contributed by atoms with Crippen LogP contribution >= 0.6 is 0 Å². The van der Waals surface area contributed by atoms with Crippen LogP contribution in [0.25, 0.3) is 0 Å². The number of carbonyl (C=O) groups excluding carboxylic acids is 2. The van der Waals surface area contributed by atoms with E-state index < -0.39 is 5.97 Å². The van der Waals surface area contributed by atoms with Crippen LogP contribution in [-0.2, 0) is 9.59 Å². The second kappa shape index (κ2) is 5.69. The highest BCUT2D eigenvalue weighted by Crippen LogP contribution is 2.33. The zero-order valence-corrected chi connectivity index (χ0v) is 9.07. The van der Waals surface area contributed by atoms with Crippen molar-refractivity contribution in [2.75, 3.05) is 0 Å². The molecule has 0 aromatic carbocycles. The maximum Gasteiger partial charge on any atom is 0.136 e. The molecule has 3 heteroatoms. The van der Waals surface area contributed by atoms with Crippen LogP contribution in [0, 0.1) is 11.8 Å². The van der Waals surface area contributed by atoms with Crippen molar-refractivity contribution in [1.82, 2.24) is 0 Å². The van der Waals surface area contributed by atoms with Crippen molar-refractivity contribution < 1.29 is 14.7 Å². The maximum atomic E-state index is 11.5. The van der Waals surface area contributed by atoms with Gasteiger partial charge in [0.2, 0.25) is 0 Å². The van der Waals surface area contributed by atoms with Gasteiger partial charge in [0, 0.05) is 18.3 Å². The summed E-state index contributed by atoms with van der Waals surface area (Å²) in [6.07, 6.45) is 6.89. The van der Waals surface area contributed by atoms with Gasteiger partial charge in [0.25, 0.3) is 0 Å². The summed E-state index contributed by atoms with van der Waals surface area (Å²) >= 11 is 0. The van der Waals surface area contributed by atoms with Gasteiger partial charge in [0.05, 0.1) is 0 Å². The number of Topliss-reactive ketones (excluding diaryl/α,β-unsaturated/α-hetero) is 1. The number of allylic oxidation sites excluding steroid dienone is 2. The molecule has 0 amide bonds. The Morgan fingerprint density at radius 2 is 2.27 bits per heavy atom. The lowest BCUT2D eigenvalue weighted by molar-refractivity contribution is -0.307. The molecule has 1 aliphatic rings. The quantitative estimate of drug-likeness (QED) is 0.636. The average molecular weight is 209 g/mol. The monoisotopic (exact) mass is 209 g/mol. The molecule has 2 atom stereocenters. The van der Waals surface area contributed by atoms with E-state index >= 15 is 0 Å². The van der Waals surface area contributed by atoms with Crippen molar-refractivity contribution in [1.29, 1.82) is 0 Å². The molecule has 0 unspecified atom stereocenters. The smallest absolute Gasteiger partial charge is 0.136 e. The summed E-state index contributed by atoms with van der Waals surface area (Å²) in [7, 11) is 0. The molecule has 1 aliphatic carbocycles. The molecule has 0 heterocycles. The van der Waals surface area contributed by atoms with E-state index in [1.54, 1.807) is 0 Å². The third-order valence-electron chi connectivity index (χ3n) is 2.97. The molecule has 0 radical (unpaired) electrons. The predicted molar refractivity (Wildman–Crippen MR) is 54.9 cm³/mol. The van der Waals surface area contributed by atoms with Crippen molar-refractivity contribution in [2.24, 2.45) is 11.8 Å². The fraction of sp³-hybridized carbons (Fsp3) is 0.667. The number of hydrogen-bond donors (Lipinski definition) is 0. The van der Waals surface area contributed by atoms with Crippen LogP contribution in [0.1, 0.15) is 39.0 Å². The molecule has 0 aromatic heterocycles. The Hall–Kier alpha value is -1.12. The minimum absolute atomic E-state index is 0.0102. The lowest BCUT2D eigenvalue weighted by atomic mass is 9.89. The average Bonchev–Trinajstić information content (AvgIpc) is 2.49. The van der Waals surface area contributed by atoms with Crippen molar-refractivity contribution in [3.63, 3.8) is 0 Å². The zero-order chi connectivity index (χ0) is 11.3. The third-order valence-corrected chi connectivity index (χ3v) is 2.97. The van der Waals surface area contributed by atoms with E-state index in [-0.39, 0.29) is 24.0 Å². The molecule has 0 saturated heterocycles. The summed E-state index contributed by atoms with van der Waals surface area (Å²) in [4.78, 5) is 22.0. The van der Waals surface area contributed by atoms with E-state index in [9.17, 15) is 14.7 Å². The molecule has 0 aliphatic heterocycles. The molecule has 0 aromatic rings. The van der Waals surface area contributed by atoms with Gasteiger partial charge in [-0.2, -0.15) is 0 Å². The van der Waals surface area contributed by atoms with Gasteiger partial charge < -0.3 is 9.90 Å². The van der Waals surface area contributed by atoms with Crippen LogP contribution in [0.3, 0.4) is 0 Å². The summed E-state index contributed by atoms with van der Waals surface area (Å²) in [5, 5.41) is 10.5. The van der Waals surface area contributed by atoms with E-state index in [2.05, 4.69) is 0 Å². The van der Waals surface area contributed by atoms with Gasteiger partial charge in [-0.05, 0) is 31.6 Å². The number of aliphatic carboxylic acids is 1. The Labute approximate surface area is 90.2 Å². The first-order valence-electron chi connectivity index (χ1n) is 5.52. The lowest BCUT2D eigenvalue weighted by Crippen LogP contribution is -2.27. The largest absolute Gasteiger partial charge is 0.550 e. The van der Waals surface area contributed by atoms with Crippen LogP contribution in [0.15, 0.2) is 12.2 Å². The molecule has 1 rings (SSSR count). The van der Waals surface area contributed by atoms with Crippen LogP contribution < -0.4 is 5.11 Å². The SMILES string of the molecule is CCC=CC[C@@H]1C(=O)CC[C@@H]1CC(=O)[O-]. The van der Waals surface area contributed by atoms with E-state index in [1.807, 2.05) is 19.1 Å². The van der Waals surface area contributed by atoms with Gasteiger partial charge in [-0.15, -0.1) is 0 Å². The minimum atomic E-state index is -1.04. The highest BCUT2D eigenvalue weighted by Gasteiger charge is 2.33. The number of rotatable bonds is 5. The summed E-state index contributed by atoms with van der Waals surface area (Å²) in [5.74, 6) is -0.934. The Bertz CT molecular complexity index is 268. The molecule has 15 heavy (non-hydrogen) atoms. The van der Waals surface area contributed by atoms with Crippen LogP contribution in [0.4, 0.5) is 0 Å². The molecule has 0 N–H and O–H groups in total. The fourth-order valence-corrected chi connectivity index (χ4v) is 2.17. The van der Waals surface area contributed by atoms with Gasteiger partial charge in [-0.25, -0.2) is 0 Å². The maximum absolute atomic E-state index is 11.5. The van der Waals surface area contributed by atoms with E-state index in [4.69, 9.17) is 0 Å². The van der Waals surface area contributed by atoms with Gasteiger partial charge in [0.15, 0.2) is 0 Å². The molecular weight excluding hydrogens is 192 g/mol. The summed E-state index contributed by atoms with van der Waals surface area (Å²) in [6, 6.07) is 0. The van der Waals surface area contributed by atoms with E-state index in [1.165, 1.54) is 0 Å². The molecule has 84 valence electrons. The normalized spacial score (nSPS) is 26.3. The fourth-order valence-electron chi connectivity index (χ4n) is 2.17. The first kappa shape index (κ1) is 12.0. The van der Waals surface area contributed by atoms with Crippen molar-refractivity contribution in [3.05, 3.63) is 12.2 Å². The number of carboxylic acids is 1. The topological polar surface area (TPSA) is 57.2 Å². The van der Waals surface area contributed by atoms with Gasteiger partial charge in [0.1, 0.15) is 5.78 Å². The van der Waals surface area contributed by atoms with Crippen molar-refractivity contribution in [2.45, 2.75) is 39.0 Å². The molecule has 1 fully saturated rings. The van der Waals surface area contributed by atoms with Crippen molar-refractivity contribution in [3.8, 4) is 0 Å². The predicted octanol–water partition coefficient (Wildman–Crippen LogP) is 1.08. The molecule has 3 nitrogen and oxygen atoms in total. The highest BCUT2D eigenvalue weighted by molar-refractivity contribution is 5.84. The van der Waals surface area contributed by atoms with Gasteiger partial charge >= 0.3 is 0 Å². The first-order valence-corrected chi connectivity index (χ1v) is 5.52. The standard InChI is InChI=1S/C12H18O3/c1-2-3-4-5-10-9(8-12(14)15)6-7-11(10)13/h3-4,9-10H,2,5-8H2,1H3,(H,14,15)/p-1/t9-,10+/m1/s1. The second-order valence-corrected chi connectivity index (χ2v) is 4.06. The Kier molecular flexibility index (Phi) is 4.53. The number of carbonyl (C=O) groups is 2. The number of hydrogen-bond acceptors (Lipinski definition) is 3. The summed E-state index contributed by atoms with van der Waals surface area (Å²) in [6.45, 7) is 2.03. The van der Waals surface area contributed by atoms with Gasteiger partial charge in [-0.3, -0.25) is 4.79 Å². The summed E-state index contributed by atoms with van der Waals surface area (Å²) < 4.78 is 0. The summed E-state index contributed by atoms with van der Waals surface area (Å²) in [5.41, 5.74) is 0. The van der Waals surface area contributed by atoms with Crippen LogP contribution in [-0.4, -0.2) is 11.8 Å². The van der Waals surface area contributed by atoms with E-state index in [0.717, 1.165) is 6.42 Å². The molecule has 0 spiro atoms. The minimum Gasteiger partial charge on any atom is -0.550 e. The molecule has 0 bridgehead atoms. The zero-order valence-electron chi connectivity index (χ0n) is 9.07. The Morgan fingerprint density at radius 3 is 2.87 bits per heavy atom. The van der Waals surface area contributed by atoms with Crippen LogP contribution in [0.5, 0.6) is 0 Å². The highest BCUT2D eigenvalue weighted by atomic mass is 16.4. The van der Waals surface area contributed by atoms with Crippen molar-refractivity contribution >= 4 is 11.8 Å². The third kappa shape index (κ3) is 3.50. The Balaban J connectivity index is 2.52. The second-order valence-electron chi connectivity index (χ2n) is 4.06.